The average Bonchev–Trinajstić information content (AvgIpc) is 2.81. The molecule has 0 spiro atoms. The normalized spacial score (nSPS) is 22.7. The number of nitrogens with one attached hydrogen (secondary N) is 1. The van der Waals surface area contributed by atoms with E-state index in [0.29, 0.717) is 6.04 Å². The van der Waals surface area contributed by atoms with Gasteiger partial charge in [-0.3, -0.25) is 0 Å². The third-order valence-electron chi connectivity index (χ3n) is 2.79. The quantitative estimate of drug-likeness (QED) is 0.597. The van der Waals surface area contributed by atoms with Gasteiger partial charge in [0, 0.05) is 6.04 Å². The number of hydrogen-bond donors (Lipinski definition) is 1. The van der Waals surface area contributed by atoms with Crippen LogP contribution in [0.25, 0.3) is 0 Å². The molecule has 0 bridgehead atoms. The Kier molecular flexibility index (Phi) is 3.13. The Morgan fingerprint density at radius 2 is 2.27 bits per heavy atom. The van der Waals surface area contributed by atoms with Crippen LogP contribution in [0.4, 0.5) is 0 Å². The number of rotatable bonds is 5. The van der Waals surface area contributed by atoms with Gasteiger partial charge < -0.3 is 5.32 Å². The largest absolute Gasteiger partial charge is 0.316 e. The summed E-state index contributed by atoms with van der Waals surface area (Å²) >= 11 is 0. The fraction of sp³-hybridized carbons (Fsp3) is 0.800. The Balaban J connectivity index is 2.31. The van der Waals surface area contributed by atoms with Gasteiger partial charge in [-0.25, -0.2) is 0 Å². The van der Waals surface area contributed by atoms with Crippen LogP contribution in [0.5, 0.6) is 0 Å². The minimum Gasteiger partial charge on any atom is -0.316 e. The van der Waals surface area contributed by atoms with Gasteiger partial charge in [-0.05, 0) is 38.1 Å². The molecule has 0 aliphatic heterocycles. The van der Waals surface area contributed by atoms with Crippen molar-refractivity contribution in [3.05, 3.63) is 12.7 Å². The Hall–Kier alpha value is -0.300. The third kappa shape index (κ3) is 2.33. The molecule has 0 aromatic heterocycles. The summed E-state index contributed by atoms with van der Waals surface area (Å²) < 4.78 is 0. The van der Waals surface area contributed by atoms with E-state index in [1.165, 1.54) is 12.8 Å². The molecule has 2 unspecified atom stereocenters. The Morgan fingerprint density at radius 3 is 2.64 bits per heavy atom. The maximum Gasteiger partial charge on any atom is 0.0127 e. The molecular weight excluding hydrogens is 134 g/mol. The number of hydrogen-bond acceptors (Lipinski definition) is 1. The molecule has 1 saturated carbocycles. The van der Waals surface area contributed by atoms with E-state index in [0.717, 1.165) is 18.3 Å². The fourth-order valence-corrected chi connectivity index (χ4v) is 1.73. The van der Waals surface area contributed by atoms with Crippen molar-refractivity contribution in [1.82, 2.24) is 5.32 Å². The lowest BCUT2D eigenvalue weighted by Gasteiger charge is -2.21. The van der Waals surface area contributed by atoms with Crippen LogP contribution in [0.2, 0.25) is 0 Å². The Bertz CT molecular complexity index is 127. The van der Waals surface area contributed by atoms with E-state index in [1.807, 2.05) is 13.1 Å². The maximum absolute atomic E-state index is 3.77. The van der Waals surface area contributed by atoms with E-state index >= 15 is 0 Å². The van der Waals surface area contributed by atoms with Gasteiger partial charge in [-0.2, -0.15) is 0 Å². The summed E-state index contributed by atoms with van der Waals surface area (Å²) in [4.78, 5) is 0. The lowest BCUT2D eigenvalue weighted by molar-refractivity contribution is 0.362. The van der Waals surface area contributed by atoms with E-state index in [9.17, 15) is 0 Å². The predicted octanol–water partition coefficient (Wildman–Crippen LogP) is 2.20. The topological polar surface area (TPSA) is 12.0 Å². The van der Waals surface area contributed by atoms with E-state index in [4.69, 9.17) is 0 Å². The smallest absolute Gasteiger partial charge is 0.0127 e. The Morgan fingerprint density at radius 1 is 1.64 bits per heavy atom. The SMILES string of the molecule is C=CCC(NC)C(C)C1CC1. The highest BCUT2D eigenvalue weighted by atomic mass is 14.9. The van der Waals surface area contributed by atoms with Crippen LogP contribution < -0.4 is 5.32 Å². The summed E-state index contributed by atoms with van der Waals surface area (Å²) in [5.41, 5.74) is 0. The van der Waals surface area contributed by atoms with E-state index < -0.39 is 0 Å². The van der Waals surface area contributed by atoms with E-state index in [-0.39, 0.29) is 0 Å². The van der Waals surface area contributed by atoms with Crippen LogP contribution in [-0.4, -0.2) is 13.1 Å². The first-order chi connectivity index (χ1) is 5.29. The molecule has 0 aromatic rings. The zero-order valence-electron chi connectivity index (χ0n) is 7.64. The summed E-state index contributed by atoms with van der Waals surface area (Å²) in [6, 6.07) is 0.653. The summed E-state index contributed by atoms with van der Waals surface area (Å²) in [6.07, 6.45) is 6.00. The van der Waals surface area contributed by atoms with E-state index in [1.54, 1.807) is 0 Å². The van der Waals surface area contributed by atoms with Gasteiger partial charge in [-0.1, -0.05) is 13.0 Å². The van der Waals surface area contributed by atoms with Crippen LogP contribution in [0.1, 0.15) is 26.2 Å². The van der Waals surface area contributed by atoms with Crippen molar-refractivity contribution >= 4 is 0 Å². The molecule has 0 radical (unpaired) electrons. The highest BCUT2D eigenvalue weighted by molar-refractivity contribution is 4.89. The summed E-state index contributed by atoms with van der Waals surface area (Å²) in [7, 11) is 2.05. The highest BCUT2D eigenvalue weighted by Gasteiger charge is 2.31. The molecule has 1 aliphatic rings. The second-order valence-corrected chi connectivity index (χ2v) is 3.62. The van der Waals surface area contributed by atoms with Crippen molar-refractivity contribution in [3.8, 4) is 0 Å². The van der Waals surface area contributed by atoms with E-state index in [2.05, 4.69) is 18.8 Å². The molecule has 1 nitrogen and oxygen atoms in total. The molecule has 0 amide bonds. The first-order valence-corrected chi connectivity index (χ1v) is 4.57. The van der Waals surface area contributed by atoms with Crippen LogP contribution >= 0.6 is 0 Å². The van der Waals surface area contributed by atoms with Crippen LogP contribution in [0.15, 0.2) is 12.7 Å². The zero-order chi connectivity index (χ0) is 8.27. The maximum atomic E-state index is 3.77. The molecule has 0 saturated heterocycles. The van der Waals surface area contributed by atoms with Crippen LogP contribution in [0.3, 0.4) is 0 Å². The van der Waals surface area contributed by atoms with Crippen LogP contribution in [0, 0.1) is 11.8 Å². The van der Waals surface area contributed by atoms with Crippen molar-refractivity contribution in [1.29, 1.82) is 0 Å². The average molecular weight is 153 g/mol. The second-order valence-electron chi connectivity index (χ2n) is 3.62. The van der Waals surface area contributed by atoms with Gasteiger partial charge in [-0.15, -0.1) is 6.58 Å². The van der Waals surface area contributed by atoms with Gasteiger partial charge in [0.15, 0.2) is 0 Å². The van der Waals surface area contributed by atoms with Gasteiger partial charge in [0.05, 0.1) is 0 Å². The standard InChI is InChI=1S/C10H19N/c1-4-5-10(11-3)8(2)9-6-7-9/h4,8-11H,1,5-7H2,2-3H3. The highest BCUT2D eigenvalue weighted by Crippen LogP contribution is 2.38. The summed E-state index contributed by atoms with van der Waals surface area (Å²) in [5.74, 6) is 1.82. The molecule has 64 valence electrons. The molecule has 0 aromatic carbocycles. The zero-order valence-corrected chi connectivity index (χ0v) is 7.64. The Labute approximate surface area is 69.9 Å². The van der Waals surface area contributed by atoms with Gasteiger partial charge in [0.25, 0.3) is 0 Å². The first-order valence-electron chi connectivity index (χ1n) is 4.57. The summed E-state index contributed by atoms with van der Waals surface area (Å²) in [6.45, 7) is 6.12. The third-order valence-corrected chi connectivity index (χ3v) is 2.79. The lowest BCUT2D eigenvalue weighted by Crippen LogP contribution is -2.32. The van der Waals surface area contributed by atoms with Gasteiger partial charge in [0.1, 0.15) is 0 Å². The van der Waals surface area contributed by atoms with Crippen molar-refractivity contribution in [2.24, 2.45) is 11.8 Å². The van der Waals surface area contributed by atoms with Crippen LogP contribution in [-0.2, 0) is 0 Å². The van der Waals surface area contributed by atoms with Crippen molar-refractivity contribution in [3.63, 3.8) is 0 Å². The molecule has 1 rings (SSSR count). The monoisotopic (exact) mass is 153 g/mol. The fourth-order valence-electron chi connectivity index (χ4n) is 1.73. The minimum absolute atomic E-state index is 0.653. The van der Waals surface area contributed by atoms with Gasteiger partial charge >= 0.3 is 0 Å². The van der Waals surface area contributed by atoms with Gasteiger partial charge in [0.2, 0.25) is 0 Å². The predicted molar refractivity (Wildman–Crippen MR) is 49.5 cm³/mol. The van der Waals surface area contributed by atoms with Crippen molar-refractivity contribution in [2.45, 2.75) is 32.2 Å². The molecule has 2 atom stereocenters. The molecule has 1 N–H and O–H groups in total. The molecule has 0 heterocycles. The van der Waals surface area contributed by atoms with Crippen molar-refractivity contribution < 1.29 is 0 Å². The molecule has 1 fully saturated rings. The molecule has 11 heavy (non-hydrogen) atoms. The van der Waals surface area contributed by atoms with Crippen molar-refractivity contribution in [2.75, 3.05) is 7.05 Å². The minimum atomic E-state index is 0.653. The lowest BCUT2D eigenvalue weighted by atomic mass is 9.94. The first kappa shape index (κ1) is 8.79. The summed E-state index contributed by atoms with van der Waals surface area (Å²) in [5, 5.41) is 3.35. The molecular formula is C10H19N. The second kappa shape index (κ2) is 3.91. The molecule has 1 aliphatic carbocycles. The molecule has 1 heteroatoms.